The van der Waals surface area contributed by atoms with Gasteiger partial charge in [0.15, 0.2) is 0 Å². The lowest BCUT2D eigenvalue weighted by atomic mass is 10.2. The molecule has 0 spiro atoms. The lowest BCUT2D eigenvalue weighted by Gasteiger charge is -2.17. The first-order chi connectivity index (χ1) is 10.3. The lowest BCUT2D eigenvalue weighted by Crippen LogP contribution is -2.27. The molecule has 0 aliphatic carbocycles. The Kier molecular flexibility index (Phi) is 9.98. The number of nitrogens with two attached hydrogens (primary N) is 1. The number of carbonyl (C=O) groups is 2. The van der Waals surface area contributed by atoms with Crippen LogP contribution in [0.2, 0.25) is 5.02 Å². The van der Waals surface area contributed by atoms with E-state index in [4.69, 9.17) is 32.0 Å². The van der Waals surface area contributed by atoms with E-state index in [1.165, 1.54) is 6.07 Å². The quantitative estimate of drug-likeness (QED) is 0.615. The van der Waals surface area contributed by atoms with Crippen molar-refractivity contribution in [3.8, 4) is 0 Å². The predicted octanol–water partition coefficient (Wildman–Crippen LogP) is 2.51. The summed E-state index contributed by atoms with van der Waals surface area (Å²) >= 11 is 5.85. The molecule has 7 heteroatoms. The summed E-state index contributed by atoms with van der Waals surface area (Å²) in [5.74, 6) is -1.20. The standard InChI is InChI=1S/C13H19ClN2O2.C2H4O2/c1-3-16(4-2)7-8-18-13(17)10-5-6-12(15)11(14)9-10;1-2(3)4/h5-6,9H,3-4,7-8,15H2,1-2H3;1H3,(H,3,4). The second-order valence-corrected chi connectivity index (χ2v) is 4.83. The minimum Gasteiger partial charge on any atom is -0.481 e. The van der Waals surface area contributed by atoms with Gasteiger partial charge in [-0.25, -0.2) is 4.79 Å². The van der Waals surface area contributed by atoms with Gasteiger partial charge in [0.25, 0.3) is 5.97 Å². The van der Waals surface area contributed by atoms with Crippen LogP contribution in [0.25, 0.3) is 0 Å². The fourth-order valence-corrected chi connectivity index (χ4v) is 1.73. The van der Waals surface area contributed by atoms with E-state index in [2.05, 4.69) is 18.7 Å². The van der Waals surface area contributed by atoms with Gasteiger partial charge in [0.2, 0.25) is 0 Å². The molecule has 0 saturated carbocycles. The highest BCUT2D eigenvalue weighted by atomic mass is 35.5. The normalized spacial score (nSPS) is 9.86. The maximum Gasteiger partial charge on any atom is 0.338 e. The number of halogens is 1. The molecule has 0 aromatic heterocycles. The molecule has 3 N–H and O–H groups in total. The minimum absolute atomic E-state index is 0.369. The van der Waals surface area contributed by atoms with E-state index in [0.717, 1.165) is 26.6 Å². The molecule has 0 bridgehead atoms. The Morgan fingerprint density at radius 2 is 1.86 bits per heavy atom. The van der Waals surface area contributed by atoms with E-state index < -0.39 is 5.97 Å². The molecular weight excluding hydrogens is 308 g/mol. The lowest BCUT2D eigenvalue weighted by molar-refractivity contribution is -0.134. The van der Waals surface area contributed by atoms with Gasteiger partial charge in [-0.2, -0.15) is 0 Å². The number of nitrogen functional groups attached to an aromatic ring is 1. The van der Waals surface area contributed by atoms with Crippen molar-refractivity contribution in [1.82, 2.24) is 4.90 Å². The van der Waals surface area contributed by atoms with Crippen LogP contribution in [0.15, 0.2) is 18.2 Å². The van der Waals surface area contributed by atoms with Crippen molar-refractivity contribution in [3.05, 3.63) is 28.8 Å². The Hall–Kier alpha value is -1.79. The highest BCUT2D eigenvalue weighted by molar-refractivity contribution is 6.33. The van der Waals surface area contributed by atoms with Crippen LogP contribution in [-0.4, -0.2) is 48.2 Å². The summed E-state index contributed by atoms with van der Waals surface area (Å²) in [4.78, 5) is 22.9. The van der Waals surface area contributed by atoms with Crippen molar-refractivity contribution in [1.29, 1.82) is 0 Å². The van der Waals surface area contributed by atoms with Crippen molar-refractivity contribution < 1.29 is 19.4 Å². The maximum absolute atomic E-state index is 11.7. The third-order valence-corrected chi connectivity index (χ3v) is 3.10. The topological polar surface area (TPSA) is 92.9 Å². The second-order valence-electron chi connectivity index (χ2n) is 4.42. The Morgan fingerprint density at radius 3 is 2.32 bits per heavy atom. The number of carbonyl (C=O) groups excluding carboxylic acids is 1. The van der Waals surface area contributed by atoms with Gasteiger partial charge in [-0.15, -0.1) is 0 Å². The third kappa shape index (κ3) is 8.49. The number of anilines is 1. The van der Waals surface area contributed by atoms with Crippen molar-refractivity contribution in [2.75, 3.05) is 32.0 Å². The van der Waals surface area contributed by atoms with Gasteiger partial charge in [-0.3, -0.25) is 4.79 Å². The minimum atomic E-state index is -0.833. The van der Waals surface area contributed by atoms with Gasteiger partial charge in [-0.05, 0) is 31.3 Å². The van der Waals surface area contributed by atoms with E-state index in [9.17, 15) is 4.79 Å². The van der Waals surface area contributed by atoms with Crippen LogP contribution in [0.5, 0.6) is 0 Å². The number of likely N-dealkylation sites (N-methyl/N-ethyl adjacent to an activating group) is 1. The molecule has 0 radical (unpaired) electrons. The van der Waals surface area contributed by atoms with Crippen LogP contribution >= 0.6 is 11.6 Å². The van der Waals surface area contributed by atoms with Crippen molar-refractivity contribution >= 4 is 29.2 Å². The number of hydrogen-bond acceptors (Lipinski definition) is 5. The molecular formula is C15H23ClN2O4. The number of ether oxygens (including phenoxy) is 1. The number of benzene rings is 1. The Bertz CT molecular complexity index is 486. The van der Waals surface area contributed by atoms with Crippen molar-refractivity contribution in [2.24, 2.45) is 0 Å². The van der Waals surface area contributed by atoms with Crippen LogP contribution < -0.4 is 5.73 Å². The van der Waals surface area contributed by atoms with Gasteiger partial charge in [-0.1, -0.05) is 25.4 Å². The van der Waals surface area contributed by atoms with Gasteiger partial charge in [0.05, 0.1) is 16.3 Å². The highest BCUT2D eigenvalue weighted by Gasteiger charge is 2.09. The summed E-state index contributed by atoms with van der Waals surface area (Å²) in [7, 11) is 0. The first kappa shape index (κ1) is 20.2. The summed E-state index contributed by atoms with van der Waals surface area (Å²) in [5, 5.41) is 7.79. The molecule has 0 aliphatic rings. The second kappa shape index (κ2) is 10.9. The average Bonchev–Trinajstić information content (AvgIpc) is 2.45. The zero-order valence-corrected chi connectivity index (χ0v) is 13.9. The van der Waals surface area contributed by atoms with Crippen molar-refractivity contribution in [2.45, 2.75) is 20.8 Å². The zero-order chi connectivity index (χ0) is 17.1. The summed E-state index contributed by atoms with van der Waals surface area (Å²) in [6, 6.07) is 4.74. The summed E-state index contributed by atoms with van der Waals surface area (Å²) in [6.07, 6.45) is 0. The monoisotopic (exact) mass is 330 g/mol. The van der Waals surface area contributed by atoms with Crippen LogP contribution in [0.4, 0.5) is 5.69 Å². The van der Waals surface area contributed by atoms with E-state index in [-0.39, 0.29) is 5.97 Å². The molecule has 1 aromatic carbocycles. The Labute approximate surface area is 135 Å². The van der Waals surface area contributed by atoms with E-state index in [1.807, 2.05) is 0 Å². The molecule has 0 atom stereocenters. The predicted molar refractivity (Wildman–Crippen MR) is 87.2 cm³/mol. The molecule has 124 valence electrons. The average molecular weight is 331 g/mol. The van der Waals surface area contributed by atoms with E-state index in [1.54, 1.807) is 12.1 Å². The molecule has 1 rings (SSSR count). The summed E-state index contributed by atoms with van der Waals surface area (Å²) < 4.78 is 5.18. The Morgan fingerprint density at radius 1 is 1.32 bits per heavy atom. The molecule has 0 fully saturated rings. The molecule has 0 heterocycles. The third-order valence-electron chi connectivity index (χ3n) is 2.77. The number of hydrogen-bond donors (Lipinski definition) is 2. The van der Waals surface area contributed by atoms with Crippen LogP contribution in [0.1, 0.15) is 31.1 Å². The largest absolute Gasteiger partial charge is 0.481 e. The zero-order valence-electron chi connectivity index (χ0n) is 13.1. The van der Waals surface area contributed by atoms with Crippen LogP contribution in [0.3, 0.4) is 0 Å². The van der Waals surface area contributed by atoms with Gasteiger partial charge in [0, 0.05) is 13.5 Å². The number of carboxylic acids is 1. The molecule has 22 heavy (non-hydrogen) atoms. The Balaban J connectivity index is 0.000000980. The molecule has 0 unspecified atom stereocenters. The molecule has 1 aromatic rings. The smallest absolute Gasteiger partial charge is 0.338 e. The van der Waals surface area contributed by atoms with Gasteiger partial charge in [0.1, 0.15) is 6.61 Å². The van der Waals surface area contributed by atoms with Crippen LogP contribution in [0, 0.1) is 0 Å². The number of rotatable bonds is 6. The first-order valence-corrected chi connectivity index (χ1v) is 7.33. The SMILES string of the molecule is CC(=O)O.CCN(CC)CCOC(=O)c1ccc(N)c(Cl)c1. The number of aliphatic carboxylic acids is 1. The molecule has 0 amide bonds. The summed E-state index contributed by atoms with van der Waals surface area (Å²) in [5.41, 5.74) is 6.45. The first-order valence-electron chi connectivity index (χ1n) is 6.95. The number of nitrogens with zero attached hydrogens (tertiary/aromatic N) is 1. The van der Waals surface area contributed by atoms with Crippen LogP contribution in [-0.2, 0) is 9.53 Å². The fraction of sp³-hybridized carbons (Fsp3) is 0.467. The molecule has 0 saturated heterocycles. The van der Waals surface area contributed by atoms with E-state index in [0.29, 0.717) is 22.9 Å². The maximum atomic E-state index is 11.7. The summed E-state index contributed by atoms with van der Waals surface area (Å²) in [6.45, 7) is 8.24. The molecule has 0 aliphatic heterocycles. The highest BCUT2D eigenvalue weighted by Crippen LogP contribution is 2.20. The fourth-order valence-electron chi connectivity index (χ4n) is 1.54. The van der Waals surface area contributed by atoms with Crippen molar-refractivity contribution in [3.63, 3.8) is 0 Å². The molecule has 6 nitrogen and oxygen atoms in total. The van der Waals surface area contributed by atoms with Gasteiger partial charge >= 0.3 is 5.97 Å². The number of esters is 1. The van der Waals surface area contributed by atoms with Gasteiger partial charge < -0.3 is 20.5 Å². The number of carboxylic acid groups (broad SMARTS) is 1. The van der Waals surface area contributed by atoms with E-state index >= 15 is 0 Å².